The van der Waals surface area contributed by atoms with Gasteiger partial charge in [0.25, 0.3) is 0 Å². The fraction of sp³-hybridized carbons (Fsp3) is 0.188. The number of esters is 1. The van der Waals surface area contributed by atoms with Crippen molar-refractivity contribution in [1.82, 2.24) is 0 Å². The van der Waals surface area contributed by atoms with Gasteiger partial charge in [-0.25, -0.2) is 9.18 Å². The number of halogens is 2. The van der Waals surface area contributed by atoms with Gasteiger partial charge in [-0.05, 0) is 25.1 Å². The Labute approximate surface area is 135 Å². The molecule has 0 bridgehead atoms. The molecule has 2 aromatic carbocycles. The van der Waals surface area contributed by atoms with Crippen LogP contribution in [0.5, 0.6) is 5.75 Å². The Bertz CT molecular complexity index is 752. The minimum absolute atomic E-state index is 0.312. The summed E-state index contributed by atoms with van der Waals surface area (Å²) in [5, 5.41) is 10.8. The molecule has 0 aliphatic carbocycles. The quantitative estimate of drug-likeness (QED) is 0.458. The molecule has 0 aromatic heterocycles. The van der Waals surface area contributed by atoms with Gasteiger partial charge >= 0.3 is 11.7 Å². The van der Waals surface area contributed by atoms with Gasteiger partial charge in [0.15, 0.2) is 5.82 Å². The smallest absolute Gasteiger partial charge is 0.338 e. The van der Waals surface area contributed by atoms with E-state index in [1.807, 2.05) is 0 Å². The number of rotatable bonds is 6. The van der Waals surface area contributed by atoms with Crippen LogP contribution in [-0.4, -0.2) is 23.6 Å². The van der Waals surface area contributed by atoms with Gasteiger partial charge in [-0.3, -0.25) is 10.1 Å². The second kappa shape index (κ2) is 7.49. The number of carbonyl (C=O) groups is 1. The van der Waals surface area contributed by atoms with E-state index in [0.29, 0.717) is 11.6 Å². The molecular formula is C16H13F2NO5. The number of carbonyl (C=O) groups excluding carboxylic acids is 1. The van der Waals surface area contributed by atoms with Gasteiger partial charge in [0.1, 0.15) is 12.7 Å². The van der Waals surface area contributed by atoms with E-state index in [2.05, 4.69) is 0 Å². The van der Waals surface area contributed by atoms with Crippen LogP contribution in [0.4, 0.5) is 14.5 Å². The van der Waals surface area contributed by atoms with Crippen LogP contribution in [0.15, 0.2) is 42.5 Å². The van der Waals surface area contributed by atoms with Gasteiger partial charge in [-0.15, -0.1) is 0 Å². The molecular weight excluding hydrogens is 324 g/mol. The molecule has 0 heterocycles. The van der Waals surface area contributed by atoms with Crippen molar-refractivity contribution in [3.8, 4) is 5.75 Å². The molecule has 6 nitrogen and oxygen atoms in total. The van der Waals surface area contributed by atoms with Crippen molar-refractivity contribution in [2.24, 2.45) is 0 Å². The second-order valence-electron chi connectivity index (χ2n) is 4.86. The Morgan fingerprint density at radius 1 is 1.21 bits per heavy atom. The number of hydrogen-bond acceptors (Lipinski definition) is 5. The zero-order valence-corrected chi connectivity index (χ0v) is 12.6. The summed E-state index contributed by atoms with van der Waals surface area (Å²) in [7, 11) is 0. The van der Waals surface area contributed by atoms with E-state index in [1.54, 1.807) is 30.3 Å². The highest BCUT2D eigenvalue weighted by Crippen LogP contribution is 2.31. The predicted molar refractivity (Wildman–Crippen MR) is 79.8 cm³/mol. The van der Waals surface area contributed by atoms with Crippen molar-refractivity contribution in [3.05, 3.63) is 69.8 Å². The molecule has 126 valence electrons. The van der Waals surface area contributed by atoms with Gasteiger partial charge in [0.05, 0.1) is 10.5 Å². The average molecular weight is 337 g/mol. The number of nitro groups is 1. The molecule has 1 unspecified atom stereocenters. The van der Waals surface area contributed by atoms with Gasteiger partial charge in [-0.1, -0.05) is 18.2 Å². The van der Waals surface area contributed by atoms with E-state index >= 15 is 0 Å². The van der Waals surface area contributed by atoms with Gasteiger partial charge < -0.3 is 9.47 Å². The van der Waals surface area contributed by atoms with Crippen LogP contribution in [0.25, 0.3) is 0 Å². The summed E-state index contributed by atoms with van der Waals surface area (Å²) in [5.41, 5.74) is -0.400. The predicted octanol–water partition coefficient (Wildman–Crippen LogP) is 3.50. The van der Waals surface area contributed by atoms with E-state index < -0.39 is 40.1 Å². The zero-order chi connectivity index (χ0) is 17.7. The van der Waals surface area contributed by atoms with E-state index in [-0.39, 0.29) is 6.61 Å². The third-order valence-corrected chi connectivity index (χ3v) is 3.01. The monoisotopic (exact) mass is 337 g/mol. The van der Waals surface area contributed by atoms with Crippen LogP contribution in [0.1, 0.15) is 17.3 Å². The molecule has 0 aliphatic rings. The number of benzene rings is 2. The molecule has 1 atom stereocenters. The summed E-state index contributed by atoms with van der Waals surface area (Å²) in [5.74, 6) is -4.20. The summed E-state index contributed by atoms with van der Waals surface area (Å²) in [6.07, 6.45) is -0.833. The molecule has 24 heavy (non-hydrogen) atoms. The lowest BCUT2D eigenvalue weighted by atomic mass is 10.2. The molecule has 0 aliphatic heterocycles. The SMILES string of the molecule is CC(COc1c([N+](=O)[O-])ccc(F)c1F)OC(=O)c1ccccc1. The highest BCUT2D eigenvalue weighted by atomic mass is 19.2. The first-order valence-electron chi connectivity index (χ1n) is 6.91. The van der Waals surface area contributed by atoms with Crippen LogP contribution >= 0.6 is 0 Å². The van der Waals surface area contributed by atoms with Crippen molar-refractivity contribution >= 4 is 11.7 Å². The minimum atomic E-state index is -1.47. The van der Waals surface area contributed by atoms with Crippen molar-refractivity contribution in [3.63, 3.8) is 0 Å². The first-order valence-corrected chi connectivity index (χ1v) is 6.91. The fourth-order valence-electron chi connectivity index (χ4n) is 1.86. The molecule has 0 radical (unpaired) electrons. The van der Waals surface area contributed by atoms with Crippen molar-refractivity contribution in [2.45, 2.75) is 13.0 Å². The lowest BCUT2D eigenvalue weighted by Gasteiger charge is -2.15. The van der Waals surface area contributed by atoms with Gasteiger partial charge in [0, 0.05) is 6.07 Å². The van der Waals surface area contributed by atoms with Crippen molar-refractivity contribution < 1.29 is 28.0 Å². The average Bonchev–Trinajstić information content (AvgIpc) is 2.56. The highest BCUT2D eigenvalue weighted by Gasteiger charge is 2.24. The molecule has 0 N–H and O–H groups in total. The van der Waals surface area contributed by atoms with Gasteiger partial charge in [-0.2, -0.15) is 4.39 Å². The third kappa shape index (κ3) is 4.03. The van der Waals surface area contributed by atoms with Crippen LogP contribution in [0.3, 0.4) is 0 Å². The fourth-order valence-corrected chi connectivity index (χ4v) is 1.86. The maximum absolute atomic E-state index is 13.7. The normalized spacial score (nSPS) is 11.6. The van der Waals surface area contributed by atoms with Crippen LogP contribution in [0.2, 0.25) is 0 Å². The lowest BCUT2D eigenvalue weighted by Crippen LogP contribution is -2.22. The second-order valence-corrected chi connectivity index (χ2v) is 4.86. The summed E-state index contributed by atoms with van der Waals surface area (Å²) >= 11 is 0. The number of ether oxygens (including phenoxy) is 2. The van der Waals surface area contributed by atoms with Gasteiger partial charge in [0.2, 0.25) is 11.6 Å². The molecule has 0 fully saturated rings. The molecule has 2 aromatic rings. The summed E-state index contributed by atoms with van der Waals surface area (Å²) in [6, 6.07) is 9.58. The van der Waals surface area contributed by atoms with Crippen molar-refractivity contribution in [1.29, 1.82) is 0 Å². The first-order chi connectivity index (χ1) is 11.4. The van der Waals surface area contributed by atoms with E-state index in [9.17, 15) is 23.7 Å². The van der Waals surface area contributed by atoms with Crippen LogP contribution < -0.4 is 4.74 Å². The maximum Gasteiger partial charge on any atom is 0.338 e. The van der Waals surface area contributed by atoms with Crippen LogP contribution in [-0.2, 0) is 4.74 Å². The molecule has 8 heteroatoms. The molecule has 0 spiro atoms. The minimum Gasteiger partial charge on any atom is -0.481 e. The standard InChI is InChI=1S/C16H13F2NO5/c1-10(24-16(20)11-5-3-2-4-6-11)9-23-15-13(19(21)22)8-7-12(17)14(15)18/h2-8,10H,9H2,1H3. The summed E-state index contributed by atoms with van der Waals surface area (Å²) in [6.45, 7) is 1.09. The molecule has 2 rings (SSSR count). The largest absolute Gasteiger partial charge is 0.481 e. The molecule has 0 saturated carbocycles. The topological polar surface area (TPSA) is 78.7 Å². The maximum atomic E-state index is 13.7. The molecule has 0 saturated heterocycles. The number of hydrogen-bond donors (Lipinski definition) is 0. The Kier molecular flexibility index (Phi) is 5.41. The number of nitrogens with zero attached hydrogens (tertiary/aromatic N) is 1. The Morgan fingerprint density at radius 3 is 2.50 bits per heavy atom. The Balaban J connectivity index is 2.04. The Hall–Kier alpha value is -3.03. The molecule has 0 amide bonds. The van der Waals surface area contributed by atoms with E-state index in [0.717, 1.165) is 6.07 Å². The zero-order valence-electron chi connectivity index (χ0n) is 12.6. The van der Waals surface area contributed by atoms with E-state index in [4.69, 9.17) is 9.47 Å². The summed E-state index contributed by atoms with van der Waals surface area (Å²) in [4.78, 5) is 21.8. The third-order valence-electron chi connectivity index (χ3n) is 3.01. The first kappa shape index (κ1) is 17.3. The highest BCUT2D eigenvalue weighted by molar-refractivity contribution is 5.89. The van der Waals surface area contributed by atoms with Crippen LogP contribution in [0, 0.1) is 21.7 Å². The van der Waals surface area contributed by atoms with Crippen molar-refractivity contribution in [2.75, 3.05) is 6.61 Å². The van der Waals surface area contributed by atoms with E-state index in [1.165, 1.54) is 6.92 Å². The summed E-state index contributed by atoms with van der Waals surface area (Å²) < 4.78 is 37.0. The number of nitro benzene ring substituents is 1. The lowest BCUT2D eigenvalue weighted by molar-refractivity contribution is -0.386. The Morgan fingerprint density at radius 2 is 1.88 bits per heavy atom.